The highest BCUT2D eigenvalue weighted by Gasteiger charge is 2.34. The van der Waals surface area contributed by atoms with E-state index < -0.39 is 29.7 Å². The smallest absolute Gasteiger partial charge is 0.347 e. The van der Waals surface area contributed by atoms with Gasteiger partial charge >= 0.3 is 6.18 Å². The van der Waals surface area contributed by atoms with Crippen molar-refractivity contribution in [3.63, 3.8) is 0 Å². The summed E-state index contributed by atoms with van der Waals surface area (Å²) >= 11 is 0. The van der Waals surface area contributed by atoms with Crippen molar-refractivity contribution in [2.45, 2.75) is 18.5 Å². The zero-order chi connectivity index (χ0) is 18.2. The normalized spacial score (nSPS) is 21.4. The van der Waals surface area contributed by atoms with Crippen molar-refractivity contribution in [3.8, 4) is 11.1 Å². The molecule has 2 aromatic rings. The molecule has 0 atom stereocenters. The maximum Gasteiger partial charge on any atom is 0.419 e. The van der Waals surface area contributed by atoms with Gasteiger partial charge in [-0.05, 0) is 23.8 Å². The van der Waals surface area contributed by atoms with Crippen molar-refractivity contribution in [1.29, 1.82) is 0 Å². The van der Waals surface area contributed by atoms with Gasteiger partial charge in [0, 0.05) is 11.1 Å². The van der Waals surface area contributed by atoms with Crippen molar-refractivity contribution >= 4 is 0 Å². The van der Waals surface area contributed by atoms with Crippen molar-refractivity contribution in [3.05, 3.63) is 59.2 Å². The summed E-state index contributed by atoms with van der Waals surface area (Å²) in [6.07, 6.45) is -5.57. The zero-order valence-corrected chi connectivity index (χ0v) is 12.8. The van der Waals surface area contributed by atoms with Gasteiger partial charge in [-0.2, -0.15) is 13.2 Å². The van der Waals surface area contributed by atoms with Gasteiger partial charge in [0.1, 0.15) is 11.6 Å². The first-order chi connectivity index (χ1) is 11.8. The lowest BCUT2D eigenvalue weighted by Gasteiger charge is -2.27. The molecule has 0 radical (unpaired) electrons. The molecule has 1 aliphatic rings. The highest BCUT2D eigenvalue weighted by atomic mass is 19.4. The zero-order valence-electron chi connectivity index (χ0n) is 12.8. The summed E-state index contributed by atoms with van der Waals surface area (Å²) in [6.45, 7) is 0.524. The van der Waals surface area contributed by atoms with Crippen LogP contribution in [-0.4, -0.2) is 19.3 Å². The molecule has 0 bridgehead atoms. The number of hydrogen-bond acceptors (Lipinski definition) is 3. The van der Waals surface area contributed by atoms with Gasteiger partial charge in [0.15, 0.2) is 6.29 Å². The predicted octanol–water partition coefficient (Wildman–Crippen LogP) is 4.02. The first kappa shape index (κ1) is 17.8. The van der Waals surface area contributed by atoms with E-state index in [2.05, 4.69) is 0 Å². The van der Waals surface area contributed by atoms with Crippen LogP contribution in [0.25, 0.3) is 11.1 Å². The largest absolute Gasteiger partial charge is 0.419 e. The molecule has 0 amide bonds. The number of hydrogen-bond donors (Lipinski definition) is 1. The topological polar surface area (TPSA) is 44.5 Å². The number of rotatable bonds is 2. The fourth-order valence-corrected chi connectivity index (χ4v) is 2.54. The van der Waals surface area contributed by atoms with Gasteiger partial charge < -0.3 is 15.2 Å². The molecule has 3 rings (SSSR count). The summed E-state index contributed by atoms with van der Waals surface area (Å²) in [7, 11) is 0. The maximum atomic E-state index is 14.4. The molecule has 2 N–H and O–H groups in total. The third-order valence-corrected chi connectivity index (χ3v) is 3.77. The van der Waals surface area contributed by atoms with Gasteiger partial charge in [0.2, 0.25) is 0 Å². The Bertz CT molecular complexity index is 770. The van der Waals surface area contributed by atoms with Crippen LogP contribution in [0.5, 0.6) is 0 Å². The molecule has 0 aromatic heterocycles. The van der Waals surface area contributed by atoms with Crippen molar-refractivity contribution in [1.82, 2.24) is 0 Å². The van der Waals surface area contributed by atoms with Crippen molar-refractivity contribution in [2.24, 2.45) is 5.73 Å². The Morgan fingerprint density at radius 3 is 2.16 bits per heavy atom. The average molecular weight is 359 g/mol. The van der Waals surface area contributed by atoms with Crippen LogP contribution < -0.4 is 5.73 Å². The molecular formula is C17H14F5NO2. The van der Waals surface area contributed by atoms with Crippen molar-refractivity contribution in [2.75, 3.05) is 13.2 Å². The molecule has 1 fully saturated rings. The Balaban J connectivity index is 1.87. The lowest BCUT2D eigenvalue weighted by molar-refractivity contribution is -0.190. The van der Waals surface area contributed by atoms with Crippen LogP contribution in [0.4, 0.5) is 22.0 Å². The Labute approximate surface area is 140 Å². The summed E-state index contributed by atoms with van der Waals surface area (Å²) in [6, 6.07) is 6.02. The van der Waals surface area contributed by atoms with E-state index in [1.165, 1.54) is 12.1 Å². The average Bonchev–Trinajstić information content (AvgIpc) is 2.54. The third kappa shape index (κ3) is 3.81. The second-order valence-corrected chi connectivity index (χ2v) is 5.69. The fraction of sp³-hybridized carbons (Fsp3) is 0.294. The maximum absolute atomic E-state index is 14.4. The number of halogens is 5. The third-order valence-electron chi connectivity index (χ3n) is 3.77. The van der Waals surface area contributed by atoms with Gasteiger partial charge in [0.05, 0.1) is 24.8 Å². The van der Waals surface area contributed by atoms with Gasteiger partial charge in [-0.25, -0.2) is 8.78 Å². The summed E-state index contributed by atoms with van der Waals surface area (Å²) in [4.78, 5) is 0. The summed E-state index contributed by atoms with van der Waals surface area (Å²) in [5.41, 5.74) is 4.61. The number of benzene rings is 2. The minimum absolute atomic E-state index is 0.00190. The highest BCUT2D eigenvalue weighted by Crippen LogP contribution is 2.34. The predicted molar refractivity (Wildman–Crippen MR) is 79.4 cm³/mol. The molecule has 1 saturated heterocycles. The van der Waals surface area contributed by atoms with E-state index in [1.807, 2.05) is 0 Å². The Hall–Kier alpha value is -2.03. The van der Waals surface area contributed by atoms with E-state index in [9.17, 15) is 22.0 Å². The van der Waals surface area contributed by atoms with Crippen LogP contribution in [0.2, 0.25) is 0 Å². The molecule has 0 aliphatic carbocycles. The second kappa shape index (κ2) is 6.70. The lowest BCUT2D eigenvalue weighted by Crippen LogP contribution is -2.37. The van der Waals surface area contributed by atoms with Crippen molar-refractivity contribution < 1.29 is 31.4 Å². The van der Waals surface area contributed by atoms with Crippen LogP contribution in [0.3, 0.4) is 0 Å². The summed E-state index contributed by atoms with van der Waals surface area (Å²) in [5.74, 6) is -2.18. The molecule has 0 unspecified atom stereocenters. The van der Waals surface area contributed by atoms with E-state index in [1.54, 1.807) is 0 Å². The SMILES string of the molecule is NC1COC(c2ccc(-c3ccc(C(F)(F)F)c(F)c3)c(F)c2)OC1. The molecular weight excluding hydrogens is 345 g/mol. The molecule has 0 saturated carbocycles. The summed E-state index contributed by atoms with van der Waals surface area (Å²) < 4.78 is 76.5. The van der Waals surface area contributed by atoms with E-state index >= 15 is 0 Å². The number of alkyl halides is 3. The molecule has 1 heterocycles. The Morgan fingerprint density at radius 1 is 0.920 bits per heavy atom. The van der Waals surface area contributed by atoms with Gasteiger partial charge in [-0.1, -0.05) is 18.2 Å². The van der Waals surface area contributed by atoms with Crippen LogP contribution >= 0.6 is 0 Å². The number of nitrogens with two attached hydrogens (primary N) is 1. The van der Waals surface area contributed by atoms with Crippen LogP contribution in [0.1, 0.15) is 17.4 Å². The molecule has 8 heteroatoms. The monoisotopic (exact) mass is 359 g/mol. The first-order valence-electron chi connectivity index (χ1n) is 7.41. The standard InChI is InChI=1S/C17H14F5NO2/c18-14-6-10(16-24-7-11(23)8-25-16)1-3-12(14)9-2-4-13(15(19)5-9)17(20,21)22/h1-6,11,16H,7-8,23H2. The molecule has 0 spiro atoms. The van der Waals surface area contributed by atoms with Crippen LogP contribution in [-0.2, 0) is 15.7 Å². The Kier molecular flexibility index (Phi) is 4.77. The quantitative estimate of drug-likeness (QED) is 0.824. The fourth-order valence-electron chi connectivity index (χ4n) is 2.54. The van der Waals surface area contributed by atoms with Gasteiger partial charge in [0.25, 0.3) is 0 Å². The molecule has 3 nitrogen and oxygen atoms in total. The second-order valence-electron chi connectivity index (χ2n) is 5.69. The van der Waals surface area contributed by atoms with Gasteiger partial charge in [-0.3, -0.25) is 0 Å². The van der Waals surface area contributed by atoms with Crippen LogP contribution in [0, 0.1) is 11.6 Å². The van der Waals surface area contributed by atoms with Crippen LogP contribution in [0.15, 0.2) is 36.4 Å². The van der Waals surface area contributed by atoms with Gasteiger partial charge in [-0.15, -0.1) is 0 Å². The highest BCUT2D eigenvalue weighted by molar-refractivity contribution is 5.65. The molecule has 25 heavy (non-hydrogen) atoms. The van der Waals surface area contributed by atoms with E-state index in [-0.39, 0.29) is 30.4 Å². The summed E-state index contributed by atoms with van der Waals surface area (Å²) in [5, 5.41) is 0. The molecule has 2 aromatic carbocycles. The lowest BCUT2D eigenvalue weighted by atomic mass is 10.0. The first-order valence-corrected chi connectivity index (χ1v) is 7.41. The number of ether oxygens (including phenoxy) is 2. The van der Waals surface area contributed by atoms with E-state index in [0.717, 1.165) is 12.1 Å². The minimum Gasteiger partial charge on any atom is -0.347 e. The molecule has 134 valence electrons. The van der Waals surface area contributed by atoms with E-state index in [0.29, 0.717) is 17.7 Å². The minimum atomic E-state index is -4.80. The molecule has 1 aliphatic heterocycles. The van der Waals surface area contributed by atoms with E-state index in [4.69, 9.17) is 15.2 Å². The Morgan fingerprint density at radius 2 is 1.60 bits per heavy atom.